The molecule has 2 aliphatic rings. The summed E-state index contributed by atoms with van der Waals surface area (Å²) in [6, 6.07) is 12.4. The highest BCUT2D eigenvalue weighted by molar-refractivity contribution is 7.90. The Balaban J connectivity index is 1.23. The third-order valence-corrected chi connectivity index (χ3v) is 12.8. The van der Waals surface area contributed by atoms with Crippen LogP contribution in [0.25, 0.3) is 10.9 Å². The Morgan fingerprint density at radius 3 is 2.23 bits per heavy atom. The van der Waals surface area contributed by atoms with E-state index < -0.39 is 75.6 Å². The second kappa shape index (κ2) is 18.7. The summed E-state index contributed by atoms with van der Waals surface area (Å²) in [4.78, 5) is 72.8. The highest BCUT2D eigenvalue weighted by Crippen LogP contribution is 2.43. The van der Waals surface area contributed by atoms with Crippen LogP contribution in [-0.2, 0) is 53.2 Å². The molecule has 4 amide bonds. The van der Waals surface area contributed by atoms with Crippen molar-refractivity contribution in [3.63, 3.8) is 0 Å². The van der Waals surface area contributed by atoms with E-state index in [1.165, 1.54) is 4.57 Å². The number of nitrogens with zero attached hydrogens (tertiary/aromatic N) is 2. The third kappa shape index (κ3) is 11.0. The molecule has 4 aromatic rings. The summed E-state index contributed by atoms with van der Waals surface area (Å²) in [6.07, 6.45) is 1.58. The number of fused-ring (bicyclic) bond motifs is 2. The Labute approximate surface area is 373 Å². The SMILES string of the molecule is Cc1c(C)c(S(=O)(=O)NC(N)=NCCC[C@@H]2NC(=O)[C@@H](Cc3ccccc3)NC(=O)CNC(=O)[C@@H](Cc3cn(C(=O)OC(C)(C)C)c4ccccc34)NC2=O)c(C)c2c1OC(C)(C)C2. The Morgan fingerprint density at radius 2 is 1.53 bits per heavy atom. The second-order valence-corrected chi connectivity index (χ2v) is 19.6. The summed E-state index contributed by atoms with van der Waals surface area (Å²) in [7, 11) is -4.18. The van der Waals surface area contributed by atoms with E-state index in [0.717, 1.165) is 16.7 Å². The van der Waals surface area contributed by atoms with Crippen LogP contribution < -0.4 is 36.5 Å². The number of rotatable bonds is 10. The van der Waals surface area contributed by atoms with Crippen molar-refractivity contribution >= 4 is 56.6 Å². The monoisotopic (exact) mass is 898 g/mol. The molecular formula is C46H58N8O9S. The normalized spacial score (nSPS) is 19.6. The zero-order chi connectivity index (χ0) is 46.7. The van der Waals surface area contributed by atoms with E-state index in [9.17, 15) is 32.4 Å². The molecule has 0 aliphatic carbocycles. The molecule has 0 radical (unpaired) electrons. The molecule has 0 bridgehead atoms. The number of hydrogen-bond donors (Lipinski definition) is 6. The number of aliphatic imine (C=N–C) groups is 1. The smallest absolute Gasteiger partial charge is 0.419 e. The van der Waals surface area contributed by atoms with E-state index in [1.807, 2.05) is 26.8 Å². The number of carbonyl (C=O) groups excluding carboxylic acids is 5. The van der Waals surface area contributed by atoms with Gasteiger partial charge in [-0.1, -0.05) is 48.5 Å². The predicted octanol–water partition coefficient (Wildman–Crippen LogP) is 3.51. The van der Waals surface area contributed by atoms with Gasteiger partial charge in [0.1, 0.15) is 35.1 Å². The fraction of sp³-hybridized carbons (Fsp3) is 0.435. The van der Waals surface area contributed by atoms with Crippen molar-refractivity contribution in [2.45, 2.75) is 122 Å². The lowest BCUT2D eigenvalue weighted by Gasteiger charge is -2.27. The molecule has 1 aromatic heterocycles. The number of aromatic nitrogens is 1. The van der Waals surface area contributed by atoms with Crippen molar-refractivity contribution in [1.29, 1.82) is 0 Å². The Morgan fingerprint density at radius 1 is 0.891 bits per heavy atom. The molecule has 0 spiro atoms. The zero-order valence-electron chi connectivity index (χ0n) is 37.5. The molecule has 0 saturated carbocycles. The number of sulfonamides is 1. The lowest BCUT2D eigenvalue weighted by atomic mass is 9.94. The minimum Gasteiger partial charge on any atom is -0.487 e. The van der Waals surface area contributed by atoms with Gasteiger partial charge >= 0.3 is 6.09 Å². The van der Waals surface area contributed by atoms with E-state index in [2.05, 4.69) is 31.0 Å². The first-order valence-electron chi connectivity index (χ1n) is 21.2. The van der Waals surface area contributed by atoms with E-state index in [0.29, 0.717) is 39.8 Å². The van der Waals surface area contributed by atoms with Crippen LogP contribution >= 0.6 is 0 Å². The number of hydrogen-bond acceptors (Lipinski definition) is 10. The molecule has 7 N–H and O–H groups in total. The molecule has 18 heteroatoms. The van der Waals surface area contributed by atoms with Crippen LogP contribution in [0.1, 0.15) is 80.8 Å². The molecule has 1 saturated heterocycles. The van der Waals surface area contributed by atoms with Gasteiger partial charge in [0, 0.05) is 43.0 Å². The first-order chi connectivity index (χ1) is 30.0. The van der Waals surface area contributed by atoms with Crippen LogP contribution in [0.3, 0.4) is 0 Å². The highest BCUT2D eigenvalue weighted by atomic mass is 32.2. The van der Waals surface area contributed by atoms with Crippen LogP contribution in [-0.4, -0.2) is 91.1 Å². The minimum absolute atomic E-state index is 0.0165. The summed E-state index contributed by atoms with van der Waals surface area (Å²) >= 11 is 0. The van der Waals surface area contributed by atoms with Crippen LogP contribution in [0.5, 0.6) is 5.75 Å². The van der Waals surface area contributed by atoms with Gasteiger partial charge in [-0.2, -0.15) is 0 Å². The van der Waals surface area contributed by atoms with E-state index in [-0.39, 0.29) is 43.1 Å². The number of nitrogens with two attached hydrogens (primary N) is 1. The fourth-order valence-electron chi connectivity index (χ4n) is 8.08. The third-order valence-electron chi connectivity index (χ3n) is 11.2. The number of para-hydroxylation sites is 1. The molecule has 3 heterocycles. The maximum absolute atomic E-state index is 14.2. The second-order valence-electron chi connectivity index (χ2n) is 17.9. The Kier molecular flexibility index (Phi) is 13.8. The summed E-state index contributed by atoms with van der Waals surface area (Å²) < 4.78 is 43.0. The van der Waals surface area contributed by atoms with Gasteiger partial charge < -0.3 is 36.5 Å². The van der Waals surface area contributed by atoms with Gasteiger partial charge in [-0.05, 0) is 102 Å². The van der Waals surface area contributed by atoms with Gasteiger partial charge in [-0.25, -0.2) is 17.9 Å². The number of nitrogens with one attached hydrogen (secondary N) is 5. The van der Waals surface area contributed by atoms with Gasteiger partial charge in [-0.15, -0.1) is 0 Å². The van der Waals surface area contributed by atoms with Gasteiger partial charge in [0.15, 0.2) is 0 Å². The predicted molar refractivity (Wildman–Crippen MR) is 241 cm³/mol. The maximum atomic E-state index is 14.2. The van der Waals surface area contributed by atoms with Crippen LogP contribution in [0, 0.1) is 20.8 Å². The summed E-state index contributed by atoms with van der Waals surface area (Å²) in [5.41, 5.74) is 9.31. The summed E-state index contributed by atoms with van der Waals surface area (Å²) in [5.74, 6) is -2.31. The van der Waals surface area contributed by atoms with Gasteiger partial charge in [0.2, 0.25) is 29.6 Å². The van der Waals surface area contributed by atoms with Crippen molar-refractivity contribution in [1.82, 2.24) is 30.6 Å². The van der Waals surface area contributed by atoms with Gasteiger partial charge in [-0.3, -0.25) is 28.7 Å². The fourth-order valence-corrected chi connectivity index (χ4v) is 9.60. The Bertz CT molecular complexity index is 2620. The van der Waals surface area contributed by atoms with Crippen LogP contribution in [0.4, 0.5) is 4.79 Å². The average molecular weight is 899 g/mol. The van der Waals surface area contributed by atoms with Crippen molar-refractivity contribution in [3.05, 3.63) is 94.2 Å². The van der Waals surface area contributed by atoms with Crippen molar-refractivity contribution in [3.8, 4) is 5.75 Å². The molecular weight excluding hydrogens is 841 g/mol. The first kappa shape index (κ1) is 47.1. The molecule has 6 rings (SSSR count). The number of amides is 4. The number of benzene rings is 3. The van der Waals surface area contributed by atoms with Crippen LogP contribution in [0.15, 0.2) is 70.7 Å². The summed E-state index contributed by atoms with van der Waals surface area (Å²) in [5, 5.41) is 11.5. The topological polar surface area (TPSA) is 241 Å². The molecule has 3 atom stereocenters. The zero-order valence-corrected chi connectivity index (χ0v) is 38.3. The van der Waals surface area contributed by atoms with E-state index in [1.54, 1.807) is 89.3 Å². The molecule has 3 aromatic carbocycles. The van der Waals surface area contributed by atoms with Crippen molar-refractivity contribution < 1.29 is 41.9 Å². The molecule has 342 valence electrons. The molecule has 2 aliphatic heterocycles. The number of ether oxygens (including phenoxy) is 2. The van der Waals surface area contributed by atoms with Crippen molar-refractivity contribution in [2.24, 2.45) is 10.7 Å². The lowest BCUT2D eigenvalue weighted by molar-refractivity contribution is -0.135. The van der Waals surface area contributed by atoms with Crippen molar-refractivity contribution in [2.75, 3.05) is 13.1 Å². The quantitative estimate of drug-likeness (QED) is 0.0769. The summed E-state index contributed by atoms with van der Waals surface area (Å²) in [6.45, 7) is 13.9. The Hall–Kier alpha value is -6.43. The first-order valence-corrected chi connectivity index (χ1v) is 22.7. The van der Waals surface area contributed by atoms with E-state index >= 15 is 0 Å². The molecule has 0 unspecified atom stereocenters. The maximum Gasteiger partial charge on any atom is 0.419 e. The van der Waals surface area contributed by atoms with Gasteiger partial charge in [0.05, 0.1) is 17.0 Å². The van der Waals surface area contributed by atoms with Crippen LogP contribution in [0.2, 0.25) is 0 Å². The largest absolute Gasteiger partial charge is 0.487 e. The number of carbonyl (C=O) groups is 5. The molecule has 1 fully saturated rings. The molecule has 17 nitrogen and oxygen atoms in total. The average Bonchev–Trinajstić information content (AvgIpc) is 3.75. The molecule has 64 heavy (non-hydrogen) atoms. The van der Waals surface area contributed by atoms with Gasteiger partial charge in [0.25, 0.3) is 10.0 Å². The number of guanidine groups is 1. The highest BCUT2D eigenvalue weighted by Gasteiger charge is 2.37. The van der Waals surface area contributed by atoms with E-state index in [4.69, 9.17) is 15.2 Å². The minimum atomic E-state index is -4.18. The standard InChI is InChI=1S/C46H58N8O9S/c1-26-27(2)39(28(3)32-23-46(7,8)62-38(26)32)64(60,61)53-43(47)48-20-14-18-33-41(57)52-35(22-30-25-54(44(59)63-45(4,5)6)36-19-13-12-17-31(30)36)40(56)49-24-37(55)50-34(42(58)51-33)21-29-15-10-9-11-16-29/h9-13,15-17,19,25,33-35H,14,18,20-24H2,1-8H3,(H,49,56)(H,50,55)(H,51,58)(H,52,57)(H3,47,48,53)/t33-,34+,35+/m0/s1. The lowest BCUT2D eigenvalue weighted by Crippen LogP contribution is -2.60.